The van der Waals surface area contributed by atoms with Crippen LogP contribution in [0.15, 0.2) is 190 Å². The number of fused-ring (bicyclic) bond motifs is 15. The summed E-state index contributed by atoms with van der Waals surface area (Å²) in [5, 5.41) is 9.23. The predicted octanol–water partition coefficient (Wildman–Crippen LogP) is 10.0. The van der Waals surface area contributed by atoms with Gasteiger partial charge in [-0.3, -0.25) is 0 Å². The summed E-state index contributed by atoms with van der Waals surface area (Å²) >= 11 is 0. The molecule has 0 atom stereocenters. The quantitative estimate of drug-likeness (QED) is 0.166. The zero-order valence-electron chi connectivity index (χ0n) is 28.5. The molecular weight excluding hydrogens is 647 g/mol. The van der Waals surface area contributed by atoms with Gasteiger partial charge < -0.3 is 4.98 Å². The number of rotatable bonds is 0. The number of nitrogens with one attached hydrogen (secondary N) is 1. The molecule has 53 heavy (non-hydrogen) atoms. The minimum absolute atomic E-state index is 1.03. The number of aromatic nitrogens is 1. The lowest BCUT2D eigenvalue weighted by molar-refractivity contribution is 1.36. The summed E-state index contributed by atoms with van der Waals surface area (Å²) in [5.41, 5.74) is 13.8. The van der Waals surface area contributed by atoms with E-state index >= 15 is 0 Å². The van der Waals surface area contributed by atoms with Crippen LogP contribution in [0.25, 0.3) is 55.2 Å². The summed E-state index contributed by atoms with van der Waals surface area (Å²) in [7, 11) is 0. The van der Waals surface area contributed by atoms with Crippen molar-refractivity contribution in [1.82, 2.24) is 4.98 Å². The molecule has 1 N–H and O–H groups in total. The highest BCUT2D eigenvalue weighted by Gasteiger charge is 2.20. The number of hydrogen-bond acceptors (Lipinski definition) is 4. The van der Waals surface area contributed by atoms with E-state index in [1.807, 2.05) is 24.3 Å². The van der Waals surface area contributed by atoms with Gasteiger partial charge in [0.05, 0.1) is 44.2 Å². The van der Waals surface area contributed by atoms with Crippen LogP contribution in [0.3, 0.4) is 0 Å². The van der Waals surface area contributed by atoms with Gasteiger partial charge >= 0.3 is 0 Å². The molecule has 1 aromatic heterocycles. The zero-order chi connectivity index (χ0) is 34.9. The summed E-state index contributed by atoms with van der Waals surface area (Å²) in [6, 6.07) is 58.5. The normalized spacial score (nSPS) is 12.4. The standard InChI is InChI=1S/2C18H10N2.C12H9N/c1-3-7-15-11(5-1)13-9-18-14(10-17(13)19-15)12-6-2-4-8-16(12)20-18;1-3-7-14-11(5-1)12-9-10-16-17(18(12)20-14)13-6-2-4-8-15(13)19-16;1-3-7-11-9(5-1)10-6-2-4-8-12(10)13-11/h2*1-10H;1-8,13H. The number of benzene rings is 8. The molecule has 0 saturated heterocycles. The molecule has 5 heterocycles. The fourth-order valence-electron chi connectivity index (χ4n) is 7.95. The maximum absolute atomic E-state index is 4.83. The molecule has 0 spiro atoms. The smallest absolute Gasteiger partial charge is 0.0817 e. The number of nitrogens with zero attached hydrogens (tertiary/aromatic N) is 4. The van der Waals surface area contributed by atoms with Crippen molar-refractivity contribution in [3.05, 3.63) is 202 Å². The minimum Gasteiger partial charge on any atom is -0.355 e. The Kier molecular flexibility index (Phi) is 6.48. The molecule has 0 fully saturated rings. The van der Waals surface area contributed by atoms with E-state index in [4.69, 9.17) is 20.0 Å². The van der Waals surface area contributed by atoms with Crippen molar-refractivity contribution in [1.29, 1.82) is 0 Å². The second-order valence-corrected chi connectivity index (χ2v) is 13.5. The summed E-state index contributed by atoms with van der Waals surface area (Å²) in [6.07, 6.45) is 0. The van der Waals surface area contributed by atoms with Crippen molar-refractivity contribution in [3.8, 4) is 33.4 Å². The van der Waals surface area contributed by atoms with Gasteiger partial charge in [-0.05, 0) is 60.7 Å². The molecule has 0 saturated carbocycles. The van der Waals surface area contributed by atoms with E-state index in [0.717, 1.165) is 44.2 Å². The van der Waals surface area contributed by atoms with E-state index in [1.165, 1.54) is 65.6 Å². The predicted molar refractivity (Wildman–Crippen MR) is 212 cm³/mol. The topological polar surface area (TPSA) is 65.2 Å². The molecule has 5 heteroatoms. The Morgan fingerprint density at radius 3 is 1.45 bits per heavy atom. The van der Waals surface area contributed by atoms with Gasteiger partial charge in [0.25, 0.3) is 0 Å². The molecule has 8 aromatic carbocycles. The van der Waals surface area contributed by atoms with Gasteiger partial charge in [0, 0.05) is 65.6 Å². The van der Waals surface area contributed by atoms with Crippen molar-refractivity contribution in [2.24, 2.45) is 20.0 Å². The molecule has 0 bridgehead atoms. The maximum Gasteiger partial charge on any atom is 0.0817 e. The molecule has 0 aliphatic carbocycles. The molecule has 4 aliphatic rings. The summed E-state index contributed by atoms with van der Waals surface area (Å²) in [4.78, 5) is 22.3. The van der Waals surface area contributed by atoms with Crippen LogP contribution < -0.4 is 21.4 Å². The first kappa shape index (κ1) is 29.5. The largest absolute Gasteiger partial charge is 0.355 e. The third-order valence-electron chi connectivity index (χ3n) is 10.4. The van der Waals surface area contributed by atoms with Crippen molar-refractivity contribution in [2.45, 2.75) is 0 Å². The van der Waals surface area contributed by atoms with Crippen molar-refractivity contribution in [2.75, 3.05) is 0 Å². The number of aromatic amines is 1. The number of H-pyrrole nitrogens is 1. The maximum atomic E-state index is 4.83. The third kappa shape index (κ3) is 4.71. The van der Waals surface area contributed by atoms with E-state index in [0.29, 0.717) is 0 Å². The molecule has 0 unspecified atom stereocenters. The van der Waals surface area contributed by atoms with Crippen molar-refractivity contribution in [3.63, 3.8) is 0 Å². The van der Waals surface area contributed by atoms with E-state index in [2.05, 4.69) is 151 Å². The minimum atomic E-state index is 1.03. The second-order valence-electron chi connectivity index (χ2n) is 13.5. The molecular formula is C48H29N5. The van der Waals surface area contributed by atoms with Crippen LogP contribution in [0.2, 0.25) is 0 Å². The molecule has 0 radical (unpaired) electrons. The van der Waals surface area contributed by atoms with Gasteiger partial charge in [-0.25, -0.2) is 20.0 Å². The SMILES string of the molecule is c1ccc2c(c1)N=c1cc3c(cc1-2)=Nc1ccccc1-3.c1ccc2c(c1)N=c1ccc3c(c1-2)N=c1ccccc1=3.c1ccc2c(c1)[nH]c1ccccc12. The fraction of sp³-hybridized carbons (Fsp3) is 0. The zero-order valence-corrected chi connectivity index (χ0v) is 28.5. The average molecular weight is 676 g/mol. The Morgan fingerprint density at radius 1 is 0.321 bits per heavy atom. The van der Waals surface area contributed by atoms with Crippen LogP contribution in [-0.2, 0) is 0 Å². The molecule has 9 aromatic rings. The lowest BCUT2D eigenvalue weighted by Gasteiger charge is -2.01. The van der Waals surface area contributed by atoms with Gasteiger partial charge in [0.2, 0.25) is 0 Å². The van der Waals surface area contributed by atoms with Crippen LogP contribution >= 0.6 is 0 Å². The van der Waals surface area contributed by atoms with Crippen LogP contribution in [0.1, 0.15) is 0 Å². The lowest BCUT2D eigenvalue weighted by Crippen LogP contribution is -2.11. The van der Waals surface area contributed by atoms with Gasteiger partial charge in [-0.1, -0.05) is 109 Å². The molecule has 0 amide bonds. The van der Waals surface area contributed by atoms with Gasteiger partial charge in [0.1, 0.15) is 0 Å². The lowest BCUT2D eigenvalue weighted by atomic mass is 10.0. The Hall–Kier alpha value is -7.24. The first-order valence-corrected chi connectivity index (χ1v) is 17.8. The third-order valence-corrected chi connectivity index (χ3v) is 10.4. The van der Waals surface area contributed by atoms with Gasteiger partial charge in [-0.15, -0.1) is 0 Å². The fourth-order valence-corrected chi connectivity index (χ4v) is 7.95. The summed E-state index contributed by atoms with van der Waals surface area (Å²) in [5.74, 6) is 0. The van der Waals surface area contributed by atoms with E-state index in [9.17, 15) is 0 Å². The highest BCUT2D eigenvalue weighted by molar-refractivity contribution is 6.07. The molecule has 13 rings (SSSR count). The monoisotopic (exact) mass is 675 g/mol. The van der Waals surface area contributed by atoms with Crippen LogP contribution in [0.5, 0.6) is 0 Å². The van der Waals surface area contributed by atoms with Crippen molar-refractivity contribution >= 4 is 44.6 Å². The first-order valence-electron chi connectivity index (χ1n) is 17.8. The second kappa shape index (κ2) is 11.7. The molecule has 246 valence electrons. The Balaban J connectivity index is 0.0000000961. The first-order chi connectivity index (χ1) is 26.3. The Morgan fingerprint density at radius 2 is 0.811 bits per heavy atom. The number of hydrogen-bond donors (Lipinski definition) is 1. The molecule has 5 nitrogen and oxygen atoms in total. The Labute approximate surface area is 303 Å². The average Bonchev–Trinajstić information content (AvgIpc) is 4.03. The van der Waals surface area contributed by atoms with Crippen molar-refractivity contribution < 1.29 is 0 Å². The van der Waals surface area contributed by atoms with E-state index in [1.54, 1.807) is 0 Å². The van der Waals surface area contributed by atoms with E-state index in [-0.39, 0.29) is 0 Å². The van der Waals surface area contributed by atoms with Crippen LogP contribution in [0, 0.1) is 10.4 Å². The highest BCUT2D eigenvalue weighted by Crippen LogP contribution is 2.39. The summed E-state index contributed by atoms with van der Waals surface area (Å²) < 4.78 is 0. The molecule has 4 aliphatic heterocycles. The highest BCUT2D eigenvalue weighted by atomic mass is 14.8. The summed E-state index contributed by atoms with van der Waals surface area (Å²) in [6.45, 7) is 0. The van der Waals surface area contributed by atoms with Gasteiger partial charge in [-0.2, -0.15) is 0 Å². The van der Waals surface area contributed by atoms with Crippen LogP contribution in [-0.4, -0.2) is 4.98 Å². The Bertz CT molecular complexity index is 3230. The van der Waals surface area contributed by atoms with Gasteiger partial charge in [0.15, 0.2) is 0 Å². The van der Waals surface area contributed by atoms with Crippen LogP contribution in [0.4, 0.5) is 22.7 Å². The number of para-hydroxylation sites is 6. The van der Waals surface area contributed by atoms with E-state index < -0.39 is 0 Å².